The SMILES string of the molecule is CC(=O)N1CCN(C(=O)c2ccccc2)C[C@@]2(CC(=O)N(C)C2)C1. The Morgan fingerprint density at radius 2 is 1.62 bits per heavy atom. The van der Waals surface area contributed by atoms with Crippen molar-refractivity contribution in [1.82, 2.24) is 14.7 Å². The van der Waals surface area contributed by atoms with Gasteiger partial charge in [-0.2, -0.15) is 0 Å². The minimum absolute atomic E-state index is 0.00890. The average Bonchev–Trinajstić information content (AvgIpc) is 2.73. The normalized spacial score (nSPS) is 24.4. The maximum absolute atomic E-state index is 12.9. The van der Waals surface area contributed by atoms with Crippen LogP contribution in [-0.4, -0.2) is 72.2 Å². The lowest BCUT2D eigenvalue weighted by atomic mass is 9.85. The van der Waals surface area contributed by atoms with Crippen LogP contribution >= 0.6 is 0 Å². The van der Waals surface area contributed by atoms with Crippen molar-refractivity contribution in [1.29, 1.82) is 0 Å². The average molecular weight is 329 g/mol. The van der Waals surface area contributed by atoms with Gasteiger partial charge in [-0.1, -0.05) is 18.2 Å². The summed E-state index contributed by atoms with van der Waals surface area (Å²) in [6.45, 7) is 4.15. The molecule has 0 bridgehead atoms. The molecule has 0 aromatic heterocycles. The Morgan fingerprint density at radius 3 is 2.21 bits per heavy atom. The van der Waals surface area contributed by atoms with Gasteiger partial charge in [0.2, 0.25) is 11.8 Å². The summed E-state index contributed by atoms with van der Waals surface area (Å²) in [7, 11) is 1.78. The summed E-state index contributed by atoms with van der Waals surface area (Å²) in [5.74, 6) is 0.0280. The molecule has 128 valence electrons. The third-order valence-corrected chi connectivity index (χ3v) is 4.97. The van der Waals surface area contributed by atoms with Crippen molar-refractivity contribution in [3.05, 3.63) is 35.9 Å². The summed E-state index contributed by atoms with van der Waals surface area (Å²) in [4.78, 5) is 42.2. The van der Waals surface area contributed by atoms with Crippen LogP contribution in [0.5, 0.6) is 0 Å². The van der Waals surface area contributed by atoms with Gasteiger partial charge in [-0.15, -0.1) is 0 Å². The van der Waals surface area contributed by atoms with Crippen LogP contribution < -0.4 is 0 Å². The highest BCUT2D eigenvalue weighted by atomic mass is 16.2. The van der Waals surface area contributed by atoms with Crippen LogP contribution in [-0.2, 0) is 9.59 Å². The smallest absolute Gasteiger partial charge is 0.253 e. The van der Waals surface area contributed by atoms with Crippen LogP contribution in [0, 0.1) is 5.41 Å². The second-order valence-corrected chi connectivity index (χ2v) is 6.96. The first kappa shape index (κ1) is 16.5. The Kier molecular flexibility index (Phi) is 4.30. The van der Waals surface area contributed by atoms with Gasteiger partial charge in [0.15, 0.2) is 0 Å². The Labute approximate surface area is 142 Å². The zero-order chi connectivity index (χ0) is 17.3. The number of likely N-dealkylation sites (tertiary alicyclic amines) is 1. The monoisotopic (exact) mass is 329 g/mol. The molecule has 2 heterocycles. The molecule has 1 spiro atoms. The Bertz CT molecular complexity index is 661. The summed E-state index contributed by atoms with van der Waals surface area (Å²) >= 11 is 0. The second-order valence-electron chi connectivity index (χ2n) is 6.96. The molecule has 3 amide bonds. The molecular weight excluding hydrogens is 306 g/mol. The van der Waals surface area contributed by atoms with Gasteiger partial charge in [0.1, 0.15) is 0 Å². The molecule has 1 aromatic carbocycles. The molecule has 24 heavy (non-hydrogen) atoms. The summed E-state index contributed by atoms with van der Waals surface area (Å²) in [6.07, 6.45) is 0.381. The number of hydrogen-bond acceptors (Lipinski definition) is 3. The van der Waals surface area contributed by atoms with Gasteiger partial charge < -0.3 is 14.7 Å². The van der Waals surface area contributed by atoms with Gasteiger partial charge in [-0.05, 0) is 12.1 Å². The first-order chi connectivity index (χ1) is 11.4. The van der Waals surface area contributed by atoms with Gasteiger partial charge in [0.25, 0.3) is 5.91 Å². The van der Waals surface area contributed by atoms with Gasteiger partial charge in [-0.3, -0.25) is 14.4 Å². The molecule has 2 aliphatic rings. The highest BCUT2D eigenvalue weighted by Gasteiger charge is 2.46. The predicted molar refractivity (Wildman–Crippen MR) is 89.3 cm³/mol. The van der Waals surface area contributed by atoms with E-state index in [0.29, 0.717) is 44.7 Å². The molecule has 2 aliphatic heterocycles. The fourth-order valence-electron chi connectivity index (χ4n) is 3.78. The quantitative estimate of drug-likeness (QED) is 0.767. The number of benzene rings is 1. The lowest BCUT2D eigenvalue weighted by molar-refractivity contribution is -0.130. The predicted octanol–water partition coefficient (Wildman–Crippen LogP) is 0.839. The van der Waals surface area contributed by atoms with E-state index in [9.17, 15) is 14.4 Å². The van der Waals surface area contributed by atoms with Crippen molar-refractivity contribution in [3.63, 3.8) is 0 Å². The summed E-state index contributed by atoms with van der Waals surface area (Å²) in [6, 6.07) is 9.16. The number of nitrogens with zero attached hydrogens (tertiary/aromatic N) is 3. The van der Waals surface area contributed by atoms with Crippen molar-refractivity contribution < 1.29 is 14.4 Å². The number of rotatable bonds is 1. The Morgan fingerprint density at radius 1 is 1.00 bits per heavy atom. The molecule has 1 atom stereocenters. The van der Waals surface area contributed by atoms with E-state index in [4.69, 9.17) is 0 Å². The van der Waals surface area contributed by atoms with Crippen LogP contribution in [0.15, 0.2) is 30.3 Å². The molecule has 2 saturated heterocycles. The summed E-state index contributed by atoms with van der Waals surface area (Å²) in [5, 5.41) is 0. The second kappa shape index (κ2) is 6.26. The topological polar surface area (TPSA) is 60.9 Å². The summed E-state index contributed by atoms with van der Waals surface area (Å²) in [5.41, 5.74) is 0.264. The third-order valence-electron chi connectivity index (χ3n) is 4.97. The van der Waals surface area contributed by atoms with E-state index in [0.717, 1.165) is 0 Å². The molecule has 0 aliphatic carbocycles. The van der Waals surface area contributed by atoms with E-state index in [1.54, 1.807) is 40.8 Å². The van der Waals surface area contributed by atoms with Gasteiger partial charge in [-0.25, -0.2) is 0 Å². The molecule has 6 nitrogen and oxygen atoms in total. The number of carbonyl (C=O) groups is 3. The van der Waals surface area contributed by atoms with Crippen LogP contribution in [0.3, 0.4) is 0 Å². The van der Waals surface area contributed by atoms with Crippen molar-refractivity contribution in [2.75, 3.05) is 39.8 Å². The zero-order valence-corrected chi connectivity index (χ0v) is 14.2. The van der Waals surface area contributed by atoms with Crippen LogP contribution in [0.25, 0.3) is 0 Å². The van der Waals surface area contributed by atoms with E-state index < -0.39 is 0 Å². The van der Waals surface area contributed by atoms with E-state index in [1.807, 2.05) is 18.2 Å². The molecule has 1 aromatic rings. The summed E-state index contributed by atoms with van der Waals surface area (Å²) < 4.78 is 0. The third kappa shape index (κ3) is 3.13. The Balaban J connectivity index is 1.88. The van der Waals surface area contributed by atoms with E-state index in [2.05, 4.69) is 0 Å². The molecule has 0 unspecified atom stereocenters. The molecule has 2 fully saturated rings. The van der Waals surface area contributed by atoms with Crippen molar-refractivity contribution in [2.45, 2.75) is 13.3 Å². The fourth-order valence-corrected chi connectivity index (χ4v) is 3.78. The van der Waals surface area contributed by atoms with Crippen LogP contribution in [0.1, 0.15) is 23.7 Å². The molecular formula is C18H23N3O3. The standard InChI is InChI=1S/C18H23N3O3/c1-14(22)20-8-9-21(17(24)15-6-4-3-5-7-15)13-18(12-20)10-16(23)19(2)11-18/h3-7H,8-13H2,1-2H3/t18-/m1/s1. The molecule has 3 rings (SSSR count). The maximum atomic E-state index is 12.9. The van der Waals surface area contributed by atoms with E-state index in [-0.39, 0.29) is 23.1 Å². The Hall–Kier alpha value is -2.37. The molecule has 0 N–H and O–H groups in total. The minimum atomic E-state index is -0.377. The van der Waals surface area contributed by atoms with Crippen LogP contribution in [0.2, 0.25) is 0 Å². The number of amides is 3. The highest BCUT2D eigenvalue weighted by molar-refractivity contribution is 5.94. The van der Waals surface area contributed by atoms with Crippen LogP contribution in [0.4, 0.5) is 0 Å². The molecule has 0 radical (unpaired) electrons. The molecule has 0 saturated carbocycles. The van der Waals surface area contributed by atoms with Gasteiger partial charge >= 0.3 is 0 Å². The first-order valence-corrected chi connectivity index (χ1v) is 8.24. The van der Waals surface area contributed by atoms with E-state index >= 15 is 0 Å². The van der Waals surface area contributed by atoms with Gasteiger partial charge in [0.05, 0.1) is 0 Å². The largest absolute Gasteiger partial charge is 0.345 e. The number of hydrogen-bond donors (Lipinski definition) is 0. The molecule has 6 heteroatoms. The number of carbonyl (C=O) groups excluding carboxylic acids is 3. The fraction of sp³-hybridized carbons (Fsp3) is 0.500. The van der Waals surface area contributed by atoms with Gasteiger partial charge in [0, 0.05) is 64.1 Å². The zero-order valence-electron chi connectivity index (χ0n) is 14.2. The lowest BCUT2D eigenvalue weighted by Crippen LogP contribution is -2.44. The minimum Gasteiger partial charge on any atom is -0.345 e. The highest BCUT2D eigenvalue weighted by Crippen LogP contribution is 2.34. The van der Waals surface area contributed by atoms with Crippen molar-refractivity contribution >= 4 is 17.7 Å². The first-order valence-electron chi connectivity index (χ1n) is 8.24. The van der Waals surface area contributed by atoms with E-state index in [1.165, 1.54) is 0 Å². The van der Waals surface area contributed by atoms with Crippen molar-refractivity contribution in [2.24, 2.45) is 5.41 Å². The maximum Gasteiger partial charge on any atom is 0.253 e. The lowest BCUT2D eigenvalue weighted by Gasteiger charge is -2.33. The van der Waals surface area contributed by atoms with Crippen molar-refractivity contribution in [3.8, 4) is 0 Å².